The minimum Gasteiger partial charge on any atom is -0.338 e. The standard InChI is InChI=1S/C20H18FN7O/c21-20(13-28-12-15(10-22)11-26-28)4-8-27(9-5-20)19(29)16-2-1-6-24-18(16)17-3-7-23-14-25-17/h1-3,6-7,11-12,14H,4-5,8-9,13H2. The predicted molar refractivity (Wildman–Crippen MR) is 101 cm³/mol. The molecule has 0 N–H and O–H groups in total. The lowest BCUT2D eigenvalue weighted by Gasteiger charge is -2.36. The van der Waals surface area contributed by atoms with E-state index in [1.165, 1.54) is 23.4 Å². The Morgan fingerprint density at radius 1 is 1.24 bits per heavy atom. The molecule has 0 bridgehead atoms. The van der Waals surface area contributed by atoms with Crippen LogP contribution in [-0.2, 0) is 6.54 Å². The summed E-state index contributed by atoms with van der Waals surface area (Å²) in [7, 11) is 0. The number of aromatic nitrogens is 5. The molecule has 1 aliphatic heterocycles. The first-order valence-corrected chi connectivity index (χ1v) is 9.20. The fourth-order valence-corrected chi connectivity index (χ4v) is 3.45. The number of alkyl halides is 1. The zero-order valence-electron chi connectivity index (χ0n) is 15.6. The highest BCUT2D eigenvalue weighted by molar-refractivity contribution is 5.99. The summed E-state index contributed by atoms with van der Waals surface area (Å²) in [6.07, 6.45) is 7.95. The van der Waals surface area contributed by atoms with Crippen LogP contribution >= 0.6 is 0 Å². The lowest BCUT2D eigenvalue weighted by atomic mass is 9.92. The van der Waals surface area contributed by atoms with Crippen molar-refractivity contribution >= 4 is 5.91 Å². The second kappa shape index (κ2) is 7.75. The third kappa shape index (κ3) is 3.96. The number of hydrogen-bond donors (Lipinski definition) is 0. The molecule has 9 heteroatoms. The van der Waals surface area contributed by atoms with Crippen LogP contribution in [0.15, 0.2) is 49.3 Å². The minimum atomic E-state index is -1.47. The van der Waals surface area contributed by atoms with Gasteiger partial charge in [0.1, 0.15) is 23.8 Å². The van der Waals surface area contributed by atoms with Crippen LogP contribution in [0.4, 0.5) is 4.39 Å². The Balaban J connectivity index is 1.47. The van der Waals surface area contributed by atoms with E-state index in [-0.39, 0.29) is 25.3 Å². The summed E-state index contributed by atoms with van der Waals surface area (Å²) in [5.41, 5.74) is 0.406. The maximum atomic E-state index is 15.2. The van der Waals surface area contributed by atoms with Crippen molar-refractivity contribution in [2.75, 3.05) is 13.1 Å². The maximum absolute atomic E-state index is 15.2. The summed E-state index contributed by atoms with van der Waals surface area (Å²) in [6, 6.07) is 7.08. The van der Waals surface area contributed by atoms with Gasteiger partial charge in [0.15, 0.2) is 0 Å². The molecule has 0 atom stereocenters. The maximum Gasteiger partial charge on any atom is 0.256 e. The summed E-state index contributed by atoms with van der Waals surface area (Å²) in [5.74, 6) is -0.195. The Morgan fingerprint density at radius 2 is 2.07 bits per heavy atom. The number of hydrogen-bond acceptors (Lipinski definition) is 6. The molecule has 0 aromatic carbocycles. The highest BCUT2D eigenvalue weighted by Gasteiger charge is 2.37. The molecule has 4 rings (SSSR count). The van der Waals surface area contributed by atoms with E-state index in [0.29, 0.717) is 35.6 Å². The van der Waals surface area contributed by atoms with Crippen LogP contribution in [0.1, 0.15) is 28.8 Å². The molecule has 0 radical (unpaired) electrons. The summed E-state index contributed by atoms with van der Waals surface area (Å²) in [6.45, 7) is 0.648. The Morgan fingerprint density at radius 3 is 2.76 bits per heavy atom. The molecule has 8 nitrogen and oxygen atoms in total. The van der Waals surface area contributed by atoms with Crippen LogP contribution in [0, 0.1) is 11.3 Å². The molecule has 0 spiro atoms. The normalized spacial score (nSPS) is 15.7. The molecule has 0 saturated carbocycles. The average Bonchev–Trinajstić information content (AvgIpc) is 3.21. The molecule has 3 aromatic rings. The lowest BCUT2D eigenvalue weighted by Crippen LogP contribution is -2.46. The van der Waals surface area contributed by atoms with Gasteiger partial charge in [0.2, 0.25) is 0 Å². The van der Waals surface area contributed by atoms with E-state index in [1.807, 2.05) is 6.07 Å². The van der Waals surface area contributed by atoms with Crippen molar-refractivity contribution in [3.05, 3.63) is 60.4 Å². The average molecular weight is 391 g/mol. The molecule has 1 amide bonds. The molecule has 4 heterocycles. The molecule has 0 aliphatic carbocycles. The number of likely N-dealkylation sites (tertiary alicyclic amines) is 1. The second-order valence-electron chi connectivity index (χ2n) is 6.98. The van der Waals surface area contributed by atoms with E-state index in [9.17, 15) is 4.79 Å². The van der Waals surface area contributed by atoms with Gasteiger partial charge in [-0.25, -0.2) is 14.4 Å². The quantitative estimate of drug-likeness (QED) is 0.676. The third-order valence-electron chi connectivity index (χ3n) is 5.02. The SMILES string of the molecule is N#Cc1cnn(CC2(F)CCN(C(=O)c3cccnc3-c3ccncn3)CC2)c1. The monoisotopic (exact) mass is 391 g/mol. The molecule has 0 unspecified atom stereocenters. The van der Waals surface area contributed by atoms with E-state index >= 15 is 4.39 Å². The summed E-state index contributed by atoms with van der Waals surface area (Å²) >= 11 is 0. The highest BCUT2D eigenvalue weighted by atomic mass is 19.1. The first-order chi connectivity index (χ1) is 14.1. The largest absolute Gasteiger partial charge is 0.338 e. The number of nitrogens with zero attached hydrogens (tertiary/aromatic N) is 7. The van der Waals surface area contributed by atoms with Gasteiger partial charge in [-0.15, -0.1) is 0 Å². The molecular formula is C20H18FN7O. The van der Waals surface area contributed by atoms with Crippen LogP contribution < -0.4 is 0 Å². The summed E-state index contributed by atoms with van der Waals surface area (Å²) in [4.78, 5) is 27.1. The topological polar surface area (TPSA) is 101 Å². The van der Waals surface area contributed by atoms with Crippen LogP contribution in [0.2, 0.25) is 0 Å². The highest BCUT2D eigenvalue weighted by Crippen LogP contribution is 2.30. The van der Waals surface area contributed by atoms with Crippen LogP contribution in [0.3, 0.4) is 0 Å². The molecule has 29 heavy (non-hydrogen) atoms. The molecule has 1 saturated heterocycles. The van der Waals surface area contributed by atoms with E-state index in [4.69, 9.17) is 5.26 Å². The predicted octanol–water partition coefficient (Wildman–Crippen LogP) is 2.25. The third-order valence-corrected chi connectivity index (χ3v) is 5.02. The Kier molecular flexibility index (Phi) is 4.99. The van der Waals surface area contributed by atoms with Crippen molar-refractivity contribution in [2.24, 2.45) is 0 Å². The number of amides is 1. The van der Waals surface area contributed by atoms with Crippen LogP contribution in [0.25, 0.3) is 11.4 Å². The zero-order chi connectivity index (χ0) is 20.3. The van der Waals surface area contributed by atoms with Gasteiger partial charge in [0.25, 0.3) is 5.91 Å². The van der Waals surface area contributed by atoms with Gasteiger partial charge in [0.05, 0.1) is 29.6 Å². The zero-order valence-corrected chi connectivity index (χ0v) is 15.6. The lowest BCUT2D eigenvalue weighted by molar-refractivity contribution is 0.0338. The van der Waals surface area contributed by atoms with Gasteiger partial charge in [-0.2, -0.15) is 10.4 Å². The Hall–Kier alpha value is -3.67. The molecular weight excluding hydrogens is 373 g/mol. The Labute approximate surface area is 166 Å². The minimum absolute atomic E-state index is 0.0653. The number of rotatable bonds is 4. The van der Waals surface area contributed by atoms with Crippen molar-refractivity contribution in [1.82, 2.24) is 29.6 Å². The number of carbonyl (C=O) groups excluding carboxylic acids is 1. The van der Waals surface area contributed by atoms with Gasteiger partial charge >= 0.3 is 0 Å². The molecule has 1 aliphatic rings. The van der Waals surface area contributed by atoms with Crippen molar-refractivity contribution in [1.29, 1.82) is 5.26 Å². The molecule has 1 fully saturated rings. The number of pyridine rings is 1. The van der Waals surface area contributed by atoms with Gasteiger partial charge < -0.3 is 4.90 Å². The van der Waals surface area contributed by atoms with E-state index in [1.54, 1.807) is 35.5 Å². The molecule has 3 aromatic heterocycles. The van der Waals surface area contributed by atoms with Crippen molar-refractivity contribution in [2.45, 2.75) is 25.1 Å². The van der Waals surface area contributed by atoms with Crippen LogP contribution in [0.5, 0.6) is 0 Å². The fourth-order valence-electron chi connectivity index (χ4n) is 3.45. The van der Waals surface area contributed by atoms with Crippen molar-refractivity contribution in [3.63, 3.8) is 0 Å². The smallest absolute Gasteiger partial charge is 0.256 e. The van der Waals surface area contributed by atoms with Gasteiger partial charge in [0, 0.05) is 44.5 Å². The van der Waals surface area contributed by atoms with Crippen LogP contribution in [-0.4, -0.2) is 54.3 Å². The van der Waals surface area contributed by atoms with Crippen molar-refractivity contribution in [3.8, 4) is 17.5 Å². The Bertz CT molecular complexity index is 1050. The second-order valence-corrected chi connectivity index (χ2v) is 6.98. The van der Waals surface area contributed by atoms with E-state index in [2.05, 4.69) is 20.1 Å². The number of piperidine rings is 1. The first-order valence-electron chi connectivity index (χ1n) is 9.20. The fraction of sp³-hybridized carbons (Fsp3) is 0.300. The van der Waals surface area contributed by atoms with Crippen molar-refractivity contribution < 1.29 is 9.18 Å². The van der Waals surface area contributed by atoms with E-state index in [0.717, 1.165) is 0 Å². The van der Waals surface area contributed by atoms with Gasteiger partial charge in [-0.3, -0.25) is 14.5 Å². The van der Waals surface area contributed by atoms with Gasteiger partial charge in [-0.1, -0.05) is 0 Å². The summed E-state index contributed by atoms with van der Waals surface area (Å²) in [5, 5.41) is 12.9. The van der Waals surface area contributed by atoms with Gasteiger partial charge in [-0.05, 0) is 18.2 Å². The van der Waals surface area contributed by atoms with E-state index < -0.39 is 5.67 Å². The first kappa shape index (κ1) is 18.7. The molecule has 146 valence electrons. The number of halogens is 1. The number of carbonyl (C=O) groups is 1. The number of nitriles is 1. The summed E-state index contributed by atoms with van der Waals surface area (Å²) < 4.78 is 16.7.